The van der Waals surface area contributed by atoms with Gasteiger partial charge in [0.1, 0.15) is 5.82 Å². The Morgan fingerprint density at radius 1 is 1.35 bits per heavy atom. The molecule has 0 fully saturated rings. The van der Waals surface area contributed by atoms with E-state index in [1.165, 1.54) is 18.2 Å². The number of amides is 1. The lowest BCUT2D eigenvalue weighted by molar-refractivity contribution is -0.137. The van der Waals surface area contributed by atoms with Gasteiger partial charge in [-0.15, -0.1) is 0 Å². The standard InChI is InChI=1S/C12H12FNO3/c1-2-17-12(16)8-7-11(15)14-10-6-4-3-5-9(10)13/h3-8H,2H2,1H3,(H,14,15). The van der Waals surface area contributed by atoms with Crippen LogP contribution in [0.4, 0.5) is 10.1 Å². The summed E-state index contributed by atoms with van der Waals surface area (Å²) in [5, 5.41) is 2.30. The van der Waals surface area contributed by atoms with Crippen LogP contribution in [0.1, 0.15) is 6.92 Å². The molecule has 1 rings (SSSR count). The number of nitrogens with one attached hydrogen (secondary N) is 1. The zero-order chi connectivity index (χ0) is 12.7. The smallest absolute Gasteiger partial charge is 0.330 e. The Morgan fingerprint density at radius 2 is 2.06 bits per heavy atom. The number of halogens is 1. The predicted octanol–water partition coefficient (Wildman–Crippen LogP) is 1.88. The molecule has 0 bridgehead atoms. The van der Waals surface area contributed by atoms with Gasteiger partial charge in [0.05, 0.1) is 12.3 Å². The van der Waals surface area contributed by atoms with Crippen LogP contribution < -0.4 is 5.32 Å². The van der Waals surface area contributed by atoms with Gasteiger partial charge in [0, 0.05) is 12.2 Å². The summed E-state index contributed by atoms with van der Waals surface area (Å²) < 4.78 is 17.7. The second-order valence-corrected chi connectivity index (χ2v) is 3.05. The number of anilines is 1. The molecule has 1 N–H and O–H groups in total. The number of carbonyl (C=O) groups excluding carboxylic acids is 2. The third kappa shape index (κ3) is 4.46. The minimum Gasteiger partial charge on any atom is -0.463 e. The lowest BCUT2D eigenvalue weighted by atomic mass is 10.3. The maximum absolute atomic E-state index is 13.1. The molecule has 0 unspecified atom stereocenters. The highest BCUT2D eigenvalue weighted by Gasteiger charge is 2.03. The maximum Gasteiger partial charge on any atom is 0.330 e. The molecule has 0 heterocycles. The molecular weight excluding hydrogens is 225 g/mol. The molecule has 1 aromatic carbocycles. The minimum atomic E-state index is -0.615. The number of carbonyl (C=O) groups is 2. The van der Waals surface area contributed by atoms with Crippen LogP contribution in [-0.2, 0) is 14.3 Å². The number of para-hydroxylation sites is 1. The molecular formula is C12H12FNO3. The fourth-order valence-corrected chi connectivity index (χ4v) is 1.07. The molecule has 90 valence electrons. The molecule has 0 aromatic heterocycles. The highest BCUT2D eigenvalue weighted by molar-refractivity contribution is 6.02. The Kier molecular flexibility index (Phi) is 4.87. The quantitative estimate of drug-likeness (QED) is 0.642. The summed E-state index contributed by atoms with van der Waals surface area (Å²) in [6, 6.07) is 5.75. The van der Waals surface area contributed by atoms with Crippen molar-refractivity contribution in [2.45, 2.75) is 6.92 Å². The van der Waals surface area contributed by atoms with Gasteiger partial charge in [-0.1, -0.05) is 12.1 Å². The van der Waals surface area contributed by atoms with E-state index in [-0.39, 0.29) is 12.3 Å². The van der Waals surface area contributed by atoms with E-state index >= 15 is 0 Å². The van der Waals surface area contributed by atoms with E-state index in [0.29, 0.717) is 0 Å². The molecule has 0 aliphatic carbocycles. The van der Waals surface area contributed by atoms with Crippen LogP contribution >= 0.6 is 0 Å². The lowest BCUT2D eigenvalue weighted by Gasteiger charge is -2.02. The van der Waals surface area contributed by atoms with Gasteiger partial charge in [-0.2, -0.15) is 0 Å². The Bertz CT molecular complexity index is 443. The first-order valence-corrected chi connectivity index (χ1v) is 5.04. The molecule has 5 heteroatoms. The molecule has 4 nitrogen and oxygen atoms in total. The Hall–Kier alpha value is -2.17. The normalized spacial score (nSPS) is 10.2. The summed E-state index contributed by atoms with van der Waals surface area (Å²) in [5.41, 5.74) is 0.0611. The van der Waals surface area contributed by atoms with Gasteiger partial charge in [-0.3, -0.25) is 4.79 Å². The van der Waals surface area contributed by atoms with Crippen molar-refractivity contribution in [2.24, 2.45) is 0 Å². The Labute approximate surface area is 98.1 Å². The average molecular weight is 237 g/mol. The van der Waals surface area contributed by atoms with Crippen LogP contribution in [0.15, 0.2) is 36.4 Å². The molecule has 0 aliphatic heterocycles. The van der Waals surface area contributed by atoms with Crippen molar-refractivity contribution in [1.82, 2.24) is 0 Å². The van der Waals surface area contributed by atoms with Crippen molar-refractivity contribution in [3.8, 4) is 0 Å². The number of benzene rings is 1. The predicted molar refractivity (Wildman–Crippen MR) is 60.8 cm³/mol. The number of rotatable bonds is 4. The third-order valence-corrected chi connectivity index (χ3v) is 1.79. The molecule has 0 saturated heterocycles. The summed E-state index contributed by atoms with van der Waals surface area (Å²) in [4.78, 5) is 22.2. The van der Waals surface area contributed by atoms with Gasteiger partial charge in [-0.25, -0.2) is 9.18 Å². The molecule has 1 amide bonds. The van der Waals surface area contributed by atoms with Crippen LogP contribution in [0, 0.1) is 5.82 Å². The lowest BCUT2D eigenvalue weighted by Crippen LogP contribution is -2.10. The van der Waals surface area contributed by atoms with Crippen molar-refractivity contribution >= 4 is 17.6 Å². The van der Waals surface area contributed by atoms with Gasteiger partial charge >= 0.3 is 5.97 Å². The highest BCUT2D eigenvalue weighted by atomic mass is 19.1. The zero-order valence-corrected chi connectivity index (χ0v) is 9.27. The molecule has 0 spiro atoms. The fraction of sp³-hybridized carbons (Fsp3) is 0.167. The number of ether oxygens (including phenoxy) is 1. The molecule has 17 heavy (non-hydrogen) atoms. The second-order valence-electron chi connectivity index (χ2n) is 3.05. The van der Waals surface area contributed by atoms with Crippen molar-refractivity contribution in [2.75, 3.05) is 11.9 Å². The van der Waals surface area contributed by atoms with Crippen LogP contribution in [0.5, 0.6) is 0 Å². The van der Waals surface area contributed by atoms with Gasteiger partial charge in [0.15, 0.2) is 0 Å². The summed E-state index contributed by atoms with van der Waals surface area (Å²) in [5.74, 6) is -1.75. The number of esters is 1. The van der Waals surface area contributed by atoms with Crippen molar-refractivity contribution in [1.29, 1.82) is 0 Å². The van der Waals surface area contributed by atoms with E-state index in [1.807, 2.05) is 0 Å². The van der Waals surface area contributed by atoms with Crippen LogP contribution in [-0.4, -0.2) is 18.5 Å². The first-order valence-electron chi connectivity index (χ1n) is 5.04. The SMILES string of the molecule is CCOC(=O)C=CC(=O)Nc1ccccc1F. The molecule has 0 atom stereocenters. The van der Waals surface area contributed by atoms with E-state index < -0.39 is 17.7 Å². The molecule has 0 aliphatic rings. The average Bonchev–Trinajstić information content (AvgIpc) is 2.30. The van der Waals surface area contributed by atoms with Gasteiger partial charge in [-0.05, 0) is 19.1 Å². The summed E-state index contributed by atoms with van der Waals surface area (Å²) in [7, 11) is 0. The second kappa shape index (κ2) is 6.42. The Balaban J connectivity index is 2.56. The van der Waals surface area contributed by atoms with Crippen LogP contribution in [0.2, 0.25) is 0 Å². The van der Waals surface area contributed by atoms with Crippen LogP contribution in [0.25, 0.3) is 0 Å². The summed E-state index contributed by atoms with van der Waals surface area (Å²) >= 11 is 0. The van der Waals surface area contributed by atoms with E-state index in [0.717, 1.165) is 12.2 Å². The summed E-state index contributed by atoms with van der Waals surface area (Å²) in [6.07, 6.45) is 1.98. The van der Waals surface area contributed by atoms with Gasteiger partial charge < -0.3 is 10.1 Å². The third-order valence-electron chi connectivity index (χ3n) is 1.79. The van der Waals surface area contributed by atoms with Crippen LogP contribution in [0.3, 0.4) is 0 Å². The molecule has 0 saturated carbocycles. The largest absolute Gasteiger partial charge is 0.463 e. The monoisotopic (exact) mass is 237 g/mol. The Morgan fingerprint density at radius 3 is 2.71 bits per heavy atom. The molecule has 1 aromatic rings. The van der Waals surface area contributed by atoms with E-state index in [2.05, 4.69) is 10.1 Å². The first kappa shape index (κ1) is 12.9. The highest BCUT2D eigenvalue weighted by Crippen LogP contribution is 2.11. The van der Waals surface area contributed by atoms with Crippen molar-refractivity contribution in [3.05, 3.63) is 42.2 Å². The fourth-order valence-electron chi connectivity index (χ4n) is 1.07. The number of hydrogen-bond acceptors (Lipinski definition) is 3. The topological polar surface area (TPSA) is 55.4 Å². The van der Waals surface area contributed by atoms with Gasteiger partial charge in [0.2, 0.25) is 5.91 Å². The van der Waals surface area contributed by atoms with Crippen molar-refractivity contribution in [3.63, 3.8) is 0 Å². The number of hydrogen-bond donors (Lipinski definition) is 1. The zero-order valence-electron chi connectivity index (χ0n) is 9.27. The van der Waals surface area contributed by atoms with Crippen molar-refractivity contribution < 1.29 is 18.7 Å². The maximum atomic E-state index is 13.1. The first-order chi connectivity index (χ1) is 8.13. The van der Waals surface area contributed by atoms with E-state index in [1.54, 1.807) is 13.0 Å². The van der Waals surface area contributed by atoms with E-state index in [9.17, 15) is 14.0 Å². The minimum absolute atomic E-state index is 0.0611. The van der Waals surface area contributed by atoms with E-state index in [4.69, 9.17) is 0 Å². The van der Waals surface area contributed by atoms with Gasteiger partial charge in [0.25, 0.3) is 0 Å². The molecule has 0 radical (unpaired) electrons. The summed E-state index contributed by atoms with van der Waals surface area (Å²) in [6.45, 7) is 1.89.